The monoisotopic (exact) mass is 475 g/mol. The largest absolute Gasteiger partial charge is 0.391 e. The number of aliphatic hydroxyl groups is 1. The summed E-state index contributed by atoms with van der Waals surface area (Å²) in [6.07, 6.45) is 8.54. The first-order valence-corrected chi connectivity index (χ1v) is 12.4. The Labute approximate surface area is 205 Å². The Morgan fingerprint density at radius 3 is 2.83 bits per heavy atom. The molecule has 0 bridgehead atoms. The third-order valence-electron chi connectivity index (χ3n) is 6.89. The van der Waals surface area contributed by atoms with Crippen LogP contribution in [0.2, 0.25) is 0 Å². The molecule has 9 heteroatoms. The van der Waals surface area contributed by atoms with Crippen LogP contribution in [0.5, 0.6) is 0 Å². The first-order valence-electron chi connectivity index (χ1n) is 12.4. The number of hydrogen-bond donors (Lipinski definition) is 3. The molecule has 1 amide bonds. The predicted octanol–water partition coefficient (Wildman–Crippen LogP) is 2.76. The van der Waals surface area contributed by atoms with Crippen molar-refractivity contribution in [3.63, 3.8) is 0 Å². The van der Waals surface area contributed by atoms with Crippen molar-refractivity contribution in [1.29, 1.82) is 0 Å². The van der Waals surface area contributed by atoms with Crippen molar-refractivity contribution >= 4 is 17.5 Å². The average Bonchev–Trinajstić information content (AvgIpc) is 3.62. The molecule has 5 rings (SSSR count). The molecule has 0 aromatic carbocycles. The van der Waals surface area contributed by atoms with Crippen molar-refractivity contribution in [2.45, 2.75) is 57.8 Å². The lowest BCUT2D eigenvalue weighted by atomic mass is 10.1. The molecule has 2 aliphatic rings. The number of aryl methyl sites for hydroxylation is 1. The summed E-state index contributed by atoms with van der Waals surface area (Å²) < 4.78 is 1.88. The lowest BCUT2D eigenvalue weighted by Crippen LogP contribution is -2.40. The second-order valence-electron chi connectivity index (χ2n) is 9.64. The lowest BCUT2D eigenvalue weighted by Gasteiger charge is -2.19. The van der Waals surface area contributed by atoms with Crippen molar-refractivity contribution in [2.75, 3.05) is 23.3 Å². The first kappa shape index (κ1) is 23.3. The van der Waals surface area contributed by atoms with Crippen LogP contribution in [0.3, 0.4) is 0 Å². The second-order valence-corrected chi connectivity index (χ2v) is 9.64. The van der Waals surface area contributed by atoms with Crippen LogP contribution in [0.4, 0.5) is 11.6 Å². The topological polar surface area (TPSA) is 108 Å². The van der Waals surface area contributed by atoms with E-state index in [0.717, 1.165) is 36.7 Å². The summed E-state index contributed by atoms with van der Waals surface area (Å²) >= 11 is 0. The van der Waals surface area contributed by atoms with Crippen LogP contribution in [-0.4, -0.2) is 56.0 Å². The maximum absolute atomic E-state index is 13.1. The molecule has 3 aromatic rings. The fourth-order valence-electron chi connectivity index (χ4n) is 5.19. The number of aromatic nitrogens is 4. The fourth-order valence-corrected chi connectivity index (χ4v) is 5.19. The predicted molar refractivity (Wildman–Crippen MR) is 134 cm³/mol. The van der Waals surface area contributed by atoms with Crippen LogP contribution < -0.4 is 15.5 Å². The van der Waals surface area contributed by atoms with Crippen LogP contribution in [0.25, 0.3) is 0 Å². The number of carbonyl (C=O) groups is 1. The number of nitrogens with one attached hydrogen (secondary N) is 2. The van der Waals surface area contributed by atoms with E-state index in [-0.39, 0.29) is 17.9 Å². The average molecular weight is 476 g/mol. The van der Waals surface area contributed by atoms with Gasteiger partial charge in [-0.3, -0.25) is 9.48 Å². The molecule has 1 aliphatic heterocycles. The van der Waals surface area contributed by atoms with Gasteiger partial charge in [-0.2, -0.15) is 5.10 Å². The summed E-state index contributed by atoms with van der Waals surface area (Å²) in [5, 5.41) is 21.2. The van der Waals surface area contributed by atoms with E-state index in [1.807, 2.05) is 23.9 Å². The molecule has 3 N–H and O–H groups in total. The number of rotatable bonds is 8. The smallest absolute Gasteiger partial charge is 0.255 e. The summed E-state index contributed by atoms with van der Waals surface area (Å²) in [7, 11) is 0. The Bertz CT molecular complexity index is 1140. The van der Waals surface area contributed by atoms with E-state index < -0.39 is 6.10 Å². The molecule has 184 valence electrons. The maximum Gasteiger partial charge on any atom is 0.255 e. The van der Waals surface area contributed by atoms with Gasteiger partial charge in [-0.15, -0.1) is 0 Å². The molecule has 1 saturated heterocycles. The van der Waals surface area contributed by atoms with E-state index in [0.29, 0.717) is 30.8 Å². The number of nitrogens with zero attached hydrogens (tertiary/aromatic N) is 5. The van der Waals surface area contributed by atoms with Gasteiger partial charge in [0, 0.05) is 50.5 Å². The number of hydrogen-bond acceptors (Lipinski definition) is 7. The van der Waals surface area contributed by atoms with Crippen LogP contribution in [0.15, 0.2) is 48.9 Å². The molecule has 4 heterocycles. The molecule has 1 aliphatic carbocycles. The maximum atomic E-state index is 13.1. The zero-order chi connectivity index (χ0) is 24.2. The SMILES string of the molecule is Cc1cc(CNc2ncccc2C(=O)N[C@@H]2CC(Cn3cccn3)C[C@H]2O)cc(N2CCCC2)n1. The van der Waals surface area contributed by atoms with Gasteiger partial charge in [0.1, 0.15) is 11.6 Å². The number of carbonyl (C=O) groups excluding carboxylic acids is 1. The van der Waals surface area contributed by atoms with Crippen molar-refractivity contribution in [1.82, 2.24) is 25.1 Å². The van der Waals surface area contributed by atoms with Crippen molar-refractivity contribution in [3.05, 3.63) is 65.7 Å². The first-order chi connectivity index (χ1) is 17.0. The lowest BCUT2D eigenvalue weighted by molar-refractivity contribution is 0.0873. The minimum Gasteiger partial charge on any atom is -0.391 e. The van der Waals surface area contributed by atoms with E-state index in [9.17, 15) is 9.90 Å². The highest BCUT2D eigenvalue weighted by molar-refractivity contribution is 5.98. The zero-order valence-corrected chi connectivity index (χ0v) is 20.1. The Morgan fingerprint density at radius 2 is 2.03 bits per heavy atom. The molecule has 0 spiro atoms. The van der Waals surface area contributed by atoms with Gasteiger partial charge in [0.25, 0.3) is 5.91 Å². The third kappa shape index (κ3) is 5.62. The van der Waals surface area contributed by atoms with Gasteiger partial charge in [0.05, 0.1) is 17.7 Å². The van der Waals surface area contributed by atoms with Gasteiger partial charge in [0.2, 0.25) is 0 Å². The van der Waals surface area contributed by atoms with Crippen LogP contribution in [-0.2, 0) is 13.1 Å². The highest BCUT2D eigenvalue weighted by Crippen LogP contribution is 2.28. The third-order valence-corrected chi connectivity index (χ3v) is 6.89. The number of pyridine rings is 2. The summed E-state index contributed by atoms with van der Waals surface area (Å²) in [5.74, 6) is 1.58. The zero-order valence-electron chi connectivity index (χ0n) is 20.1. The number of amides is 1. The van der Waals surface area contributed by atoms with Gasteiger partial charge < -0.3 is 20.6 Å². The Kier molecular flexibility index (Phi) is 6.94. The number of aliphatic hydroxyl groups excluding tert-OH is 1. The highest BCUT2D eigenvalue weighted by atomic mass is 16.3. The Balaban J connectivity index is 1.22. The molecule has 9 nitrogen and oxygen atoms in total. The molecular formula is C26H33N7O2. The Morgan fingerprint density at radius 1 is 1.17 bits per heavy atom. The minimum atomic E-state index is -0.573. The van der Waals surface area contributed by atoms with Gasteiger partial charge in [0.15, 0.2) is 0 Å². The normalized spacial score (nSPS) is 21.9. The van der Waals surface area contributed by atoms with Crippen molar-refractivity contribution in [2.24, 2.45) is 5.92 Å². The Hall–Kier alpha value is -3.46. The van der Waals surface area contributed by atoms with Crippen molar-refractivity contribution in [3.8, 4) is 0 Å². The van der Waals surface area contributed by atoms with Crippen LogP contribution in [0.1, 0.15) is 47.3 Å². The van der Waals surface area contributed by atoms with Gasteiger partial charge in [-0.1, -0.05) is 0 Å². The summed E-state index contributed by atoms with van der Waals surface area (Å²) in [5.41, 5.74) is 2.55. The fraction of sp³-hybridized carbons (Fsp3) is 0.462. The number of anilines is 2. The molecule has 3 atom stereocenters. The molecule has 3 aromatic heterocycles. The standard InChI is InChI=1S/C26H33N7O2/c1-18-12-19(15-24(30-18)32-9-2-3-10-32)16-28-25-21(6-4-7-27-25)26(35)31-22-13-20(14-23(22)34)17-33-11-5-8-29-33/h4-8,11-12,15,20,22-23,34H,2-3,9-10,13-14,16-17H2,1H3,(H,27,28)(H,31,35)/t20?,22-,23-/m1/s1. The summed E-state index contributed by atoms with van der Waals surface area (Å²) in [6.45, 7) is 5.38. The highest BCUT2D eigenvalue weighted by Gasteiger charge is 2.34. The minimum absolute atomic E-state index is 0.229. The van der Waals surface area contributed by atoms with Gasteiger partial charge in [-0.25, -0.2) is 9.97 Å². The second kappa shape index (κ2) is 10.4. The van der Waals surface area contributed by atoms with Gasteiger partial charge >= 0.3 is 0 Å². The summed E-state index contributed by atoms with van der Waals surface area (Å²) in [6, 6.07) is 9.30. The van der Waals surface area contributed by atoms with Gasteiger partial charge in [-0.05, 0) is 74.4 Å². The molecule has 1 saturated carbocycles. The van der Waals surface area contributed by atoms with Crippen LogP contribution in [0, 0.1) is 12.8 Å². The molecular weight excluding hydrogens is 442 g/mol. The molecule has 35 heavy (non-hydrogen) atoms. The molecule has 0 radical (unpaired) electrons. The van der Waals surface area contributed by atoms with E-state index in [1.54, 1.807) is 24.5 Å². The van der Waals surface area contributed by atoms with Crippen LogP contribution >= 0.6 is 0 Å². The van der Waals surface area contributed by atoms with E-state index >= 15 is 0 Å². The molecule has 1 unspecified atom stereocenters. The summed E-state index contributed by atoms with van der Waals surface area (Å²) in [4.78, 5) is 24.6. The van der Waals surface area contributed by atoms with E-state index in [4.69, 9.17) is 4.98 Å². The van der Waals surface area contributed by atoms with E-state index in [1.165, 1.54) is 12.8 Å². The molecule has 2 fully saturated rings. The van der Waals surface area contributed by atoms with E-state index in [2.05, 4.69) is 37.7 Å². The quantitative estimate of drug-likeness (QED) is 0.460. The van der Waals surface area contributed by atoms with Crippen molar-refractivity contribution < 1.29 is 9.90 Å².